The van der Waals surface area contributed by atoms with Gasteiger partial charge in [-0.15, -0.1) is 0 Å². The Morgan fingerprint density at radius 3 is 2.56 bits per heavy atom. The molecule has 3 aromatic heterocycles. The molecule has 43 heavy (non-hydrogen) atoms. The van der Waals surface area contributed by atoms with Gasteiger partial charge >= 0.3 is 6.09 Å². The van der Waals surface area contributed by atoms with Crippen molar-refractivity contribution in [3.8, 4) is 5.69 Å². The second-order valence-corrected chi connectivity index (χ2v) is 12.8. The predicted octanol–water partition coefficient (Wildman–Crippen LogP) is 6.40. The van der Waals surface area contributed by atoms with Crippen molar-refractivity contribution < 1.29 is 13.9 Å². The van der Waals surface area contributed by atoms with Gasteiger partial charge in [0, 0.05) is 42.8 Å². The van der Waals surface area contributed by atoms with Crippen LogP contribution in [0.5, 0.6) is 0 Å². The first-order valence-corrected chi connectivity index (χ1v) is 14.5. The number of anilines is 2. The van der Waals surface area contributed by atoms with Crippen LogP contribution in [0.3, 0.4) is 0 Å². The van der Waals surface area contributed by atoms with Gasteiger partial charge in [0.05, 0.1) is 15.7 Å². The van der Waals surface area contributed by atoms with Crippen LogP contribution < -0.4 is 10.9 Å². The van der Waals surface area contributed by atoms with Gasteiger partial charge in [-0.2, -0.15) is 4.98 Å². The molecular formula is C30H26Cl2FN7O3. The Balaban J connectivity index is 1.25. The van der Waals surface area contributed by atoms with Gasteiger partial charge in [0.25, 0.3) is 5.56 Å². The van der Waals surface area contributed by atoms with E-state index in [0.29, 0.717) is 18.7 Å². The van der Waals surface area contributed by atoms with Gasteiger partial charge in [0.1, 0.15) is 16.8 Å². The van der Waals surface area contributed by atoms with Crippen LogP contribution in [-0.4, -0.2) is 47.1 Å². The SMILES string of the molecule is CC(C)(C)OC(=O)N1Cc2cc(Nc3ncc4c(=O)n(-c5c(Cl)cc(F)cc5Cl)c5nccn5c4n3)ccc2C2(CC2)C1. The molecule has 1 aliphatic carbocycles. The number of hydrogen-bond acceptors (Lipinski definition) is 7. The number of benzene rings is 2. The molecule has 1 amide bonds. The molecule has 0 unspecified atom stereocenters. The molecule has 2 aliphatic rings. The van der Waals surface area contributed by atoms with Gasteiger partial charge in [-0.1, -0.05) is 29.3 Å². The highest BCUT2D eigenvalue weighted by Gasteiger charge is 2.50. The van der Waals surface area contributed by atoms with E-state index in [0.717, 1.165) is 36.2 Å². The summed E-state index contributed by atoms with van der Waals surface area (Å²) < 4.78 is 22.4. The molecule has 13 heteroatoms. The molecule has 1 aliphatic heterocycles. The number of halogens is 3. The molecule has 2 aromatic carbocycles. The minimum absolute atomic E-state index is 0.0360. The topological polar surface area (TPSA) is 107 Å². The normalized spacial score (nSPS) is 15.6. The highest BCUT2D eigenvalue weighted by Crippen LogP contribution is 2.53. The molecule has 1 saturated carbocycles. The fourth-order valence-electron chi connectivity index (χ4n) is 5.75. The van der Waals surface area contributed by atoms with Gasteiger partial charge in [-0.05, 0) is 69.0 Å². The summed E-state index contributed by atoms with van der Waals surface area (Å²) >= 11 is 12.6. The second-order valence-electron chi connectivity index (χ2n) is 12.0. The molecule has 10 nitrogen and oxygen atoms in total. The number of carbonyl (C=O) groups is 1. The van der Waals surface area contributed by atoms with Crippen LogP contribution in [0.25, 0.3) is 22.5 Å². The Labute approximate surface area is 255 Å². The third-order valence-electron chi connectivity index (χ3n) is 7.75. The Hall–Kier alpha value is -4.22. The van der Waals surface area contributed by atoms with Gasteiger partial charge in [0.2, 0.25) is 11.7 Å². The van der Waals surface area contributed by atoms with Crippen LogP contribution in [0.2, 0.25) is 10.0 Å². The number of nitrogens with zero attached hydrogens (tertiary/aromatic N) is 6. The van der Waals surface area contributed by atoms with E-state index in [1.807, 2.05) is 32.9 Å². The largest absolute Gasteiger partial charge is 0.444 e. The first kappa shape index (κ1) is 27.6. The molecule has 5 aromatic rings. The summed E-state index contributed by atoms with van der Waals surface area (Å²) in [6.07, 6.45) is 6.29. The number of carbonyl (C=O) groups excluding carboxylic acids is 1. The minimum atomic E-state index is -0.627. The smallest absolute Gasteiger partial charge is 0.410 e. The lowest BCUT2D eigenvalue weighted by atomic mass is 9.87. The van der Waals surface area contributed by atoms with Crippen molar-refractivity contribution in [2.24, 2.45) is 0 Å². The number of amides is 1. The van der Waals surface area contributed by atoms with E-state index in [4.69, 9.17) is 27.9 Å². The number of aromatic nitrogens is 5. The summed E-state index contributed by atoms with van der Waals surface area (Å²) in [5, 5.41) is 3.34. The van der Waals surface area contributed by atoms with Crippen molar-refractivity contribution in [1.29, 1.82) is 0 Å². The second kappa shape index (κ2) is 9.65. The molecule has 1 fully saturated rings. The first-order chi connectivity index (χ1) is 20.4. The molecule has 0 atom stereocenters. The van der Waals surface area contributed by atoms with Crippen molar-refractivity contribution >= 4 is 57.7 Å². The molecule has 7 rings (SSSR count). The molecule has 0 saturated heterocycles. The molecule has 220 valence electrons. The zero-order valence-electron chi connectivity index (χ0n) is 23.5. The van der Waals surface area contributed by atoms with E-state index in [1.54, 1.807) is 15.5 Å². The Bertz CT molecular complexity index is 2010. The first-order valence-electron chi connectivity index (χ1n) is 13.7. The van der Waals surface area contributed by atoms with Gasteiger partial charge in [-0.25, -0.2) is 23.7 Å². The number of hydrogen-bond donors (Lipinski definition) is 1. The average molecular weight is 622 g/mol. The Morgan fingerprint density at radius 2 is 1.86 bits per heavy atom. The van der Waals surface area contributed by atoms with Crippen molar-refractivity contribution in [2.75, 3.05) is 11.9 Å². The highest BCUT2D eigenvalue weighted by atomic mass is 35.5. The lowest BCUT2D eigenvalue weighted by molar-refractivity contribution is 0.0197. The maximum atomic E-state index is 13.9. The summed E-state index contributed by atoms with van der Waals surface area (Å²) in [6, 6.07) is 8.24. The van der Waals surface area contributed by atoms with Crippen LogP contribution in [0.1, 0.15) is 44.7 Å². The van der Waals surface area contributed by atoms with E-state index in [2.05, 4.69) is 26.3 Å². The zero-order chi connectivity index (χ0) is 30.3. The summed E-state index contributed by atoms with van der Waals surface area (Å²) in [6.45, 7) is 6.66. The van der Waals surface area contributed by atoms with Crippen LogP contribution in [0.15, 0.2) is 53.7 Å². The van der Waals surface area contributed by atoms with Crippen molar-refractivity contribution in [1.82, 2.24) is 28.8 Å². The van der Waals surface area contributed by atoms with Gasteiger partial charge in [0.15, 0.2) is 5.65 Å². The maximum Gasteiger partial charge on any atom is 0.410 e. The van der Waals surface area contributed by atoms with Crippen LogP contribution in [0.4, 0.5) is 20.8 Å². The minimum Gasteiger partial charge on any atom is -0.444 e. The third-order valence-corrected chi connectivity index (χ3v) is 8.33. The third kappa shape index (κ3) is 4.76. The van der Waals surface area contributed by atoms with E-state index in [1.165, 1.54) is 22.5 Å². The molecule has 4 heterocycles. The summed E-state index contributed by atoms with van der Waals surface area (Å²) in [7, 11) is 0. The van der Waals surface area contributed by atoms with Gasteiger partial charge < -0.3 is 15.0 Å². The van der Waals surface area contributed by atoms with Crippen molar-refractivity contribution in [2.45, 2.75) is 51.2 Å². The standard InChI is InChI=1S/C30H26Cl2FN7O3/c1-29(2,3)43-28(42)38-14-16-10-18(4-5-20(16)30(15-38)6-7-30)36-26-35-13-19-24(37-26)39-9-8-34-27(39)40(25(19)41)23-21(31)11-17(33)12-22(23)32/h4-5,8-13H,6-7,14-15H2,1-3H3,(H,35,36,37). The number of nitrogens with one attached hydrogen (secondary N) is 1. The number of rotatable bonds is 3. The van der Waals surface area contributed by atoms with Crippen LogP contribution in [-0.2, 0) is 16.7 Å². The maximum absolute atomic E-state index is 13.9. The van der Waals surface area contributed by atoms with E-state index >= 15 is 0 Å². The van der Waals surface area contributed by atoms with E-state index in [-0.39, 0.29) is 44.4 Å². The van der Waals surface area contributed by atoms with Crippen molar-refractivity contribution in [3.05, 3.63) is 86.3 Å². The van der Waals surface area contributed by atoms with Gasteiger partial charge in [-0.3, -0.25) is 9.20 Å². The fourth-order valence-corrected chi connectivity index (χ4v) is 6.38. The molecule has 0 radical (unpaired) electrons. The summed E-state index contributed by atoms with van der Waals surface area (Å²) in [5.41, 5.74) is 2.31. The fraction of sp³-hybridized carbons (Fsp3) is 0.300. The van der Waals surface area contributed by atoms with E-state index in [9.17, 15) is 14.0 Å². The Kier molecular flexibility index (Phi) is 6.19. The molecule has 1 spiro atoms. The predicted molar refractivity (Wildman–Crippen MR) is 161 cm³/mol. The van der Waals surface area contributed by atoms with Crippen molar-refractivity contribution in [3.63, 3.8) is 0 Å². The molecule has 1 N–H and O–H groups in total. The summed E-state index contributed by atoms with van der Waals surface area (Å²) in [5.74, 6) is -0.167. The lowest BCUT2D eigenvalue weighted by Gasteiger charge is -2.36. The number of imidazole rings is 1. The lowest BCUT2D eigenvalue weighted by Crippen LogP contribution is -2.44. The monoisotopic (exact) mass is 621 g/mol. The van der Waals surface area contributed by atoms with Crippen LogP contribution in [0, 0.1) is 5.82 Å². The average Bonchev–Trinajstić information content (AvgIpc) is 3.51. The number of ether oxygens (including phenoxy) is 1. The summed E-state index contributed by atoms with van der Waals surface area (Å²) in [4.78, 5) is 41.7. The van der Waals surface area contributed by atoms with Crippen LogP contribution >= 0.6 is 23.2 Å². The molecule has 0 bridgehead atoms. The van der Waals surface area contributed by atoms with E-state index < -0.39 is 17.0 Å². The molecular weight excluding hydrogens is 596 g/mol. The number of fused-ring (bicyclic) bond motifs is 5. The Morgan fingerprint density at radius 1 is 1.12 bits per heavy atom. The zero-order valence-corrected chi connectivity index (χ0v) is 25.0. The highest BCUT2D eigenvalue weighted by molar-refractivity contribution is 6.37. The quantitative estimate of drug-likeness (QED) is 0.248.